The van der Waals surface area contributed by atoms with Gasteiger partial charge in [0, 0.05) is 37.1 Å². The quantitative estimate of drug-likeness (QED) is 0.751. The summed E-state index contributed by atoms with van der Waals surface area (Å²) in [7, 11) is 0. The zero-order valence-electron chi connectivity index (χ0n) is 13.4. The van der Waals surface area contributed by atoms with E-state index in [0.717, 1.165) is 35.4 Å². The van der Waals surface area contributed by atoms with Crippen molar-refractivity contribution in [3.63, 3.8) is 0 Å². The molecule has 3 heterocycles. The molecule has 7 heteroatoms. The molecule has 3 aromatic rings. The number of pyridine rings is 1. The first-order chi connectivity index (χ1) is 11.7. The molecule has 2 N–H and O–H groups in total. The van der Waals surface area contributed by atoms with Crippen LogP contribution in [0.15, 0.2) is 36.5 Å². The number of benzene rings is 1. The van der Waals surface area contributed by atoms with Crippen LogP contribution >= 0.6 is 0 Å². The van der Waals surface area contributed by atoms with Crippen molar-refractivity contribution < 1.29 is 4.79 Å². The van der Waals surface area contributed by atoms with Crippen LogP contribution in [0.4, 0.5) is 0 Å². The maximum Gasteiger partial charge on any atom is 0.273 e. The zero-order valence-corrected chi connectivity index (χ0v) is 13.4. The Labute approximate surface area is 139 Å². The molecular formula is C17H18N6O. The van der Waals surface area contributed by atoms with Gasteiger partial charge in [-0.2, -0.15) is 0 Å². The molecule has 0 bridgehead atoms. The summed E-state index contributed by atoms with van der Waals surface area (Å²) in [5, 5.41) is 15.4. The first-order valence-electron chi connectivity index (χ1n) is 7.99. The third kappa shape index (κ3) is 2.52. The molecule has 1 saturated heterocycles. The molecule has 0 unspecified atom stereocenters. The number of carbonyl (C=O) groups excluding carboxylic acids is 1. The third-order valence-electron chi connectivity index (χ3n) is 4.38. The van der Waals surface area contributed by atoms with Gasteiger partial charge in [-0.3, -0.25) is 9.78 Å². The van der Waals surface area contributed by atoms with Crippen molar-refractivity contribution in [1.29, 1.82) is 0 Å². The molecule has 1 aromatic carbocycles. The molecule has 0 atom stereocenters. The number of nitrogens with zero attached hydrogens (tertiary/aromatic N) is 4. The monoisotopic (exact) mass is 322 g/mol. The summed E-state index contributed by atoms with van der Waals surface area (Å²) >= 11 is 0. The fraction of sp³-hybridized carbons (Fsp3) is 0.294. The molecular weight excluding hydrogens is 304 g/mol. The summed E-state index contributed by atoms with van der Waals surface area (Å²) in [5.74, 6) is 0.331. The molecule has 1 aliphatic heterocycles. The number of hydrogen-bond acceptors (Lipinski definition) is 5. The second-order valence-corrected chi connectivity index (χ2v) is 6.02. The molecule has 2 aromatic heterocycles. The molecule has 1 fully saturated rings. The number of amides is 1. The minimum atomic E-state index is -0.177. The van der Waals surface area contributed by atoms with Crippen molar-refractivity contribution in [2.24, 2.45) is 5.92 Å². The predicted molar refractivity (Wildman–Crippen MR) is 90.1 cm³/mol. The van der Waals surface area contributed by atoms with E-state index in [1.165, 1.54) is 0 Å². The number of fused-ring (bicyclic) bond motifs is 1. The number of carbonyl (C=O) groups is 1. The first-order valence-corrected chi connectivity index (χ1v) is 7.99. The minimum Gasteiger partial charge on any atom is -0.350 e. The molecule has 0 saturated carbocycles. The average Bonchev–Trinajstić information content (AvgIpc) is 2.94. The van der Waals surface area contributed by atoms with Gasteiger partial charge in [0.2, 0.25) is 0 Å². The first kappa shape index (κ1) is 14.8. The van der Waals surface area contributed by atoms with Crippen molar-refractivity contribution in [2.75, 3.05) is 19.6 Å². The van der Waals surface area contributed by atoms with Crippen molar-refractivity contribution in [2.45, 2.75) is 6.92 Å². The van der Waals surface area contributed by atoms with Gasteiger partial charge in [-0.15, -0.1) is 5.10 Å². The topological polar surface area (TPSA) is 84.7 Å². The van der Waals surface area contributed by atoms with Gasteiger partial charge in [-0.25, -0.2) is 4.68 Å². The lowest BCUT2D eigenvalue weighted by Crippen LogP contribution is -2.48. The Balaban J connectivity index is 1.64. The number of aromatic nitrogens is 4. The van der Waals surface area contributed by atoms with Crippen LogP contribution in [0.1, 0.15) is 16.2 Å². The SMILES string of the molecule is Cc1c(C(=O)NCC2CNC2)nnn1-c1cccc2ncccc12. The standard InChI is InChI=1S/C17H18N6O/c1-11-16(17(24)20-10-12-8-18-9-12)21-22-23(11)15-6-2-5-14-13(15)4-3-7-19-14/h2-7,12,18H,8-10H2,1H3,(H,20,24). The summed E-state index contributed by atoms with van der Waals surface area (Å²) in [4.78, 5) is 16.7. The van der Waals surface area contributed by atoms with Gasteiger partial charge < -0.3 is 10.6 Å². The van der Waals surface area contributed by atoms with Crippen LogP contribution < -0.4 is 10.6 Å². The molecule has 0 radical (unpaired) electrons. The smallest absolute Gasteiger partial charge is 0.273 e. The van der Waals surface area contributed by atoms with Crippen LogP contribution in [0.3, 0.4) is 0 Å². The Bertz CT molecular complexity index is 894. The summed E-state index contributed by atoms with van der Waals surface area (Å²) in [5.41, 5.74) is 2.83. The lowest BCUT2D eigenvalue weighted by molar-refractivity contribution is 0.0936. The molecule has 24 heavy (non-hydrogen) atoms. The van der Waals surface area contributed by atoms with Crippen LogP contribution in [0.2, 0.25) is 0 Å². The molecule has 0 spiro atoms. The predicted octanol–water partition coefficient (Wildman–Crippen LogP) is 1.07. The highest BCUT2D eigenvalue weighted by molar-refractivity contribution is 5.94. The summed E-state index contributed by atoms with van der Waals surface area (Å²) in [6, 6.07) is 9.70. The van der Waals surface area contributed by atoms with E-state index in [1.54, 1.807) is 10.9 Å². The highest BCUT2D eigenvalue weighted by atomic mass is 16.2. The van der Waals surface area contributed by atoms with Gasteiger partial charge in [-0.1, -0.05) is 11.3 Å². The summed E-state index contributed by atoms with van der Waals surface area (Å²) in [6.45, 7) is 4.43. The van der Waals surface area contributed by atoms with E-state index < -0.39 is 0 Å². The minimum absolute atomic E-state index is 0.177. The lowest BCUT2D eigenvalue weighted by Gasteiger charge is -2.26. The van der Waals surface area contributed by atoms with Crippen LogP contribution in [0, 0.1) is 12.8 Å². The van der Waals surface area contributed by atoms with Gasteiger partial charge in [0.1, 0.15) is 0 Å². The van der Waals surface area contributed by atoms with E-state index in [1.807, 2.05) is 37.3 Å². The second kappa shape index (κ2) is 6.01. The van der Waals surface area contributed by atoms with Crippen LogP contribution in [0.25, 0.3) is 16.6 Å². The normalized spacial score (nSPS) is 14.5. The Morgan fingerprint density at radius 3 is 3.00 bits per heavy atom. The molecule has 4 rings (SSSR count). The number of rotatable bonds is 4. The fourth-order valence-corrected chi connectivity index (χ4v) is 2.85. The highest BCUT2D eigenvalue weighted by Gasteiger charge is 2.21. The van der Waals surface area contributed by atoms with Crippen molar-refractivity contribution >= 4 is 16.8 Å². The molecule has 1 aliphatic rings. The molecule has 7 nitrogen and oxygen atoms in total. The molecule has 1 amide bonds. The Morgan fingerprint density at radius 2 is 2.21 bits per heavy atom. The van der Waals surface area contributed by atoms with Crippen molar-refractivity contribution in [3.8, 4) is 5.69 Å². The largest absolute Gasteiger partial charge is 0.350 e. The van der Waals surface area contributed by atoms with Gasteiger partial charge >= 0.3 is 0 Å². The van der Waals surface area contributed by atoms with Gasteiger partial charge in [0.25, 0.3) is 5.91 Å². The maximum atomic E-state index is 12.4. The summed E-state index contributed by atoms with van der Waals surface area (Å²) in [6.07, 6.45) is 1.76. The Kier molecular flexibility index (Phi) is 3.70. The van der Waals surface area contributed by atoms with E-state index in [9.17, 15) is 4.79 Å². The van der Waals surface area contributed by atoms with Crippen molar-refractivity contribution in [3.05, 3.63) is 47.9 Å². The number of hydrogen-bond donors (Lipinski definition) is 2. The van der Waals surface area contributed by atoms with Crippen LogP contribution in [-0.2, 0) is 0 Å². The fourth-order valence-electron chi connectivity index (χ4n) is 2.85. The van der Waals surface area contributed by atoms with Crippen LogP contribution in [-0.4, -0.2) is 45.5 Å². The molecule has 0 aliphatic carbocycles. The van der Waals surface area contributed by atoms with E-state index in [-0.39, 0.29) is 5.91 Å². The third-order valence-corrected chi connectivity index (χ3v) is 4.38. The van der Waals surface area contributed by atoms with E-state index in [4.69, 9.17) is 0 Å². The van der Waals surface area contributed by atoms with Crippen LogP contribution in [0.5, 0.6) is 0 Å². The Hall–Kier alpha value is -2.80. The maximum absolute atomic E-state index is 12.4. The van der Waals surface area contributed by atoms with E-state index in [0.29, 0.717) is 18.2 Å². The van der Waals surface area contributed by atoms with Gasteiger partial charge in [-0.05, 0) is 31.2 Å². The number of nitrogens with one attached hydrogen (secondary N) is 2. The van der Waals surface area contributed by atoms with Gasteiger partial charge in [0.15, 0.2) is 5.69 Å². The second-order valence-electron chi connectivity index (χ2n) is 6.02. The highest BCUT2D eigenvalue weighted by Crippen LogP contribution is 2.21. The average molecular weight is 322 g/mol. The van der Waals surface area contributed by atoms with E-state index in [2.05, 4.69) is 25.9 Å². The van der Waals surface area contributed by atoms with E-state index >= 15 is 0 Å². The zero-order chi connectivity index (χ0) is 16.5. The summed E-state index contributed by atoms with van der Waals surface area (Å²) < 4.78 is 1.70. The molecule has 122 valence electrons. The lowest BCUT2D eigenvalue weighted by atomic mass is 10.0. The van der Waals surface area contributed by atoms with Gasteiger partial charge in [0.05, 0.1) is 16.9 Å². The van der Waals surface area contributed by atoms with Crippen molar-refractivity contribution in [1.82, 2.24) is 30.6 Å². The Morgan fingerprint density at radius 1 is 1.33 bits per heavy atom.